The molecule has 1 aliphatic carbocycles. The number of benzene rings is 1. The molecule has 0 aromatic heterocycles. The van der Waals surface area contributed by atoms with Crippen molar-refractivity contribution in [3.8, 4) is 5.75 Å². The second-order valence-corrected chi connectivity index (χ2v) is 9.43. The lowest BCUT2D eigenvalue weighted by Crippen LogP contribution is -2.34. The number of amides is 1. The normalized spacial score (nSPS) is 27.7. The van der Waals surface area contributed by atoms with Crippen LogP contribution in [0.15, 0.2) is 24.3 Å². The Morgan fingerprint density at radius 2 is 1.75 bits per heavy atom. The van der Waals surface area contributed by atoms with Gasteiger partial charge in [0.15, 0.2) is 0 Å². The summed E-state index contributed by atoms with van der Waals surface area (Å²) >= 11 is 0. The van der Waals surface area contributed by atoms with Crippen molar-refractivity contribution in [1.82, 2.24) is 4.90 Å². The van der Waals surface area contributed by atoms with E-state index in [1.807, 2.05) is 29.2 Å². The van der Waals surface area contributed by atoms with Crippen molar-refractivity contribution in [2.45, 2.75) is 65.4 Å². The van der Waals surface area contributed by atoms with Gasteiger partial charge in [0.1, 0.15) is 5.75 Å². The number of carbonyl (C=O) groups excluding carboxylic acids is 1. The van der Waals surface area contributed by atoms with E-state index < -0.39 is 5.97 Å². The molecule has 1 N–H and O–H groups in total. The van der Waals surface area contributed by atoms with E-state index in [2.05, 4.69) is 20.8 Å². The molecule has 1 atom stereocenters. The number of carboxylic acids is 1. The zero-order valence-electron chi connectivity index (χ0n) is 17.3. The Bertz CT molecular complexity index is 689. The first kappa shape index (κ1) is 20.7. The van der Waals surface area contributed by atoms with Crippen LogP contribution in [0, 0.1) is 17.3 Å². The van der Waals surface area contributed by atoms with E-state index in [-0.39, 0.29) is 23.3 Å². The highest BCUT2D eigenvalue weighted by molar-refractivity contribution is 5.94. The molecule has 154 valence electrons. The Labute approximate surface area is 168 Å². The number of likely N-dealkylation sites (tertiary alicyclic amines) is 1. The lowest BCUT2D eigenvalue weighted by atomic mass is 9.82. The maximum absolute atomic E-state index is 12.9. The summed E-state index contributed by atoms with van der Waals surface area (Å²) in [5.74, 6) is 0.414. The highest BCUT2D eigenvalue weighted by Gasteiger charge is 2.30. The van der Waals surface area contributed by atoms with Crippen LogP contribution in [0.1, 0.15) is 69.7 Å². The van der Waals surface area contributed by atoms with Gasteiger partial charge in [0, 0.05) is 18.7 Å². The summed E-state index contributed by atoms with van der Waals surface area (Å²) in [5, 5.41) is 9.09. The number of carboxylic acid groups (broad SMARTS) is 1. The summed E-state index contributed by atoms with van der Waals surface area (Å²) in [4.78, 5) is 26.0. The van der Waals surface area contributed by atoms with Gasteiger partial charge in [0.25, 0.3) is 5.91 Å². The van der Waals surface area contributed by atoms with Crippen molar-refractivity contribution in [3.05, 3.63) is 29.8 Å². The molecular weight excluding hydrogens is 354 g/mol. The molecule has 1 saturated heterocycles. The van der Waals surface area contributed by atoms with E-state index in [4.69, 9.17) is 9.84 Å². The van der Waals surface area contributed by atoms with E-state index in [0.717, 1.165) is 44.5 Å². The molecule has 0 bridgehead atoms. The molecule has 2 fully saturated rings. The molecule has 1 saturated carbocycles. The highest BCUT2D eigenvalue weighted by Crippen LogP contribution is 2.33. The van der Waals surface area contributed by atoms with Crippen LogP contribution in [0.5, 0.6) is 5.75 Å². The second kappa shape index (κ2) is 8.54. The molecule has 5 nitrogen and oxygen atoms in total. The van der Waals surface area contributed by atoms with Crippen LogP contribution in [-0.2, 0) is 4.79 Å². The molecule has 5 heteroatoms. The minimum atomic E-state index is -0.701. The van der Waals surface area contributed by atoms with Crippen LogP contribution in [0.2, 0.25) is 0 Å². The van der Waals surface area contributed by atoms with Gasteiger partial charge in [0.2, 0.25) is 0 Å². The third-order valence-corrected chi connectivity index (χ3v) is 6.21. The monoisotopic (exact) mass is 387 g/mol. The van der Waals surface area contributed by atoms with Crippen LogP contribution in [0.3, 0.4) is 0 Å². The molecule has 2 aliphatic rings. The third-order valence-electron chi connectivity index (χ3n) is 6.21. The van der Waals surface area contributed by atoms with Crippen molar-refractivity contribution in [2.75, 3.05) is 13.1 Å². The van der Waals surface area contributed by atoms with E-state index in [0.29, 0.717) is 24.3 Å². The van der Waals surface area contributed by atoms with Gasteiger partial charge in [-0.1, -0.05) is 20.8 Å². The molecule has 1 heterocycles. The molecule has 1 aromatic carbocycles. The zero-order chi connectivity index (χ0) is 20.3. The van der Waals surface area contributed by atoms with Crippen LogP contribution in [0.25, 0.3) is 0 Å². The molecule has 0 spiro atoms. The van der Waals surface area contributed by atoms with E-state index in [1.165, 1.54) is 0 Å². The first-order valence-electron chi connectivity index (χ1n) is 10.5. The van der Waals surface area contributed by atoms with Crippen LogP contribution < -0.4 is 4.74 Å². The van der Waals surface area contributed by atoms with E-state index >= 15 is 0 Å². The number of aliphatic carboxylic acids is 1. The number of nitrogens with zero attached hydrogens (tertiary/aromatic N) is 1. The van der Waals surface area contributed by atoms with Gasteiger partial charge in [0.05, 0.1) is 12.0 Å². The summed E-state index contributed by atoms with van der Waals surface area (Å²) < 4.78 is 6.01. The van der Waals surface area contributed by atoms with Gasteiger partial charge in [-0.05, 0) is 74.1 Å². The maximum Gasteiger partial charge on any atom is 0.306 e. The molecular formula is C23H33NO4. The van der Waals surface area contributed by atoms with Crippen molar-refractivity contribution >= 4 is 11.9 Å². The fourth-order valence-electron chi connectivity index (χ4n) is 4.68. The van der Waals surface area contributed by atoms with Crippen LogP contribution >= 0.6 is 0 Å². The molecule has 1 unspecified atom stereocenters. The van der Waals surface area contributed by atoms with Gasteiger partial charge in [-0.3, -0.25) is 9.59 Å². The quantitative estimate of drug-likeness (QED) is 0.819. The highest BCUT2D eigenvalue weighted by atomic mass is 16.5. The average Bonchev–Trinajstić information content (AvgIpc) is 2.79. The van der Waals surface area contributed by atoms with Gasteiger partial charge in [-0.25, -0.2) is 0 Å². The topological polar surface area (TPSA) is 66.8 Å². The lowest BCUT2D eigenvalue weighted by Gasteiger charge is -2.27. The Hall–Kier alpha value is -2.04. The maximum atomic E-state index is 12.9. The largest absolute Gasteiger partial charge is 0.490 e. The Balaban J connectivity index is 1.57. The number of ether oxygens (including phenoxy) is 1. The molecule has 28 heavy (non-hydrogen) atoms. The molecule has 1 amide bonds. The second-order valence-electron chi connectivity index (χ2n) is 9.43. The van der Waals surface area contributed by atoms with Gasteiger partial charge in [-0.2, -0.15) is 0 Å². The van der Waals surface area contributed by atoms with E-state index in [9.17, 15) is 9.59 Å². The predicted octanol–water partition coefficient (Wildman–Crippen LogP) is 4.61. The fourth-order valence-corrected chi connectivity index (χ4v) is 4.68. The van der Waals surface area contributed by atoms with Crippen molar-refractivity contribution in [1.29, 1.82) is 0 Å². The van der Waals surface area contributed by atoms with E-state index in [1.54, 1.807) is 0 Å². The smallest absolute Gasteiger partial charge is 0.306 e. The summed E-state index contributed by atoms with van der Waals surface area (Å²) in [7, 11) is 0. The number of carbonyl (C=O) groups is 2. The summed E-state index contributed by atoms with van der Waals surface area (Å²) in [6.45, 7) is 8.42. The summed E-state index contributed by atoms with van der Waals surface area (Å²) in [5.41, 5.74) is 0.986. The Kier molecular flexibility index (Phi) is 6.31. The first-order valence-corrected chi connectivity index (χ1v) is 10.5. The van der Waals surface area contributed by atoms with Crippen LogP contribution in [-0.4, -0.2) is 41.1 Å². The summed E-state index contributed by atoms with van der Waals surface area (Å²) in [6.07, 6.45) is 5.10. The standard InChI is InChI=1S/C23H33NO4/c1-16-14-23(2,3)12-13-24(15-16)21(25)17-4-8-19(9-5-17)28-20-10-6-18(7-11-20)22(26)27/h4-5,8-9,16,18,20H,6-7,10-15H2,1-3H3,(H,26,27). The Morgan fingerprint density at radius 1 is 1.11 bits per heavy atom. The minimum Gasteiger partial charge on any atom is -0.490 e. The third kappa shape index (κ3) is 5.27. The van der Waals surface area contributed by atoms with Crippen molar-refractivity contribution in [3.63, 3.8) is 0 Å². The number of hydrogen-bond acceptors (Lipinski definition) is 3. The zero-order valence-corrected chi connectivity index (χ0v) is 17.3. The summed E-state index contributed by atoms with van der Waals surface area (Å²) in [6, 6.07) is 7.42. The Morgan fingerprint density at radius 3 is 2.36 bits per heavy atom. The molecule has 1 aliphatic heterocycles. The molecule has 3 rings (SSSR count). The fraction of sp³-hybridized carbons (Fsp3) is 0.652. The van der Waals surface area contributed by atoms with Crippen LogP contribution in [0.4, 0.5) is 0 Å². The molecule has 0 radical (unpaired) electrons. The minimum absolute atomic E-state index is 0.0610. The van der Waals surface area contributed by atoms with Crippen molar-refractivity contribution < 1.29 is 19.4 Å². The predicted molar refractivity (Wildman–Crippen MR) is 109 cm³/mol. The number of hydrogen-bond donors (Lipinski definition) is 1. The van der Waals surface area contributed by atoms with Gasteiger partial charge < -0.3 is 14.7 Å². The first-order chi connectivity index (χ1) is 13.2. The van der Waals surface area contributed by atoms with Crippen molar-refractivity contribution in [2.24, 2.45) is 17.3 Å². The average molecular weight is 388 g/mol. The van der Waals surface area contributed by atoms with Gasteiger partial charge >= 0.3 is 5.97 Å². The lowest BCUT2D eigenvalue weighted by molar-refractivity contribution is -0.143. The number of rotatable bonds is 4. The van der Waals surface area contributed by atoms with Gasteiger partial charge in [-0.15, -0.1) is 0 Å². The SMILES string of the molecule is CC1CN(C(=O)c2ccc(OC3CCC(C(=O)O)CC3)cc2)CCC(C)(C)C1. The molecule has 1 aromatic rings.